The van der Waals surface area contributed by atoms with Gasteiger partial charge in [0.2, 0.25) is 5.88 Å². The van der Waals surface area contributed by atoms with E-state index in [2.05, 4.69) is 20.2 Å². The molecule has 5 nitrogen and oxygen atoms in total. The summed E-state index contributed by atoms with van der Waals surface area (Å²) in [6.07, 6.45) is 1.15. The zero-order valence-corrected chi connectivity index (χ0v) is 10.0. The molecular weight excluding hydrogens is 204 g/mol. The maximum Gasteiger partial charge on any atom is 0.218 e. The van der Waals surface area contributed by atoms with Crippen LogP contribution in [-0.2, 0) is 0 Å². The van der Waals surface area contributed by atoms with Crippen LogP contribution in [0.3, 0.4) is 0 Å². The van der Waals surface area contributed by atoms with Gasteiger partial charge in [-0.15, -0.1) is 0 Å². The smallest absolute Gasteiger partial charge is 0.218 e. The monoisotopic (exact) mass is 222 g/mol. The van der Waals surface area contributed by atoms with Crippen LogP contribution >= 0.6 is 0 Å². The number of aryl methyl sites for hydroxylation is 1. The number of nitrogens with zero attached hydrogens (tertiary/aromatic N) is 3. The summed E-state index contributed by atoms with van der Waals surface area (Å²) in [5, 5.41) is 3.29. The van der Waals surface area contributed by atoms with E-state index in [-0.39, 0.29) is 0 Å². The normalized spacial score (nSPS) is 20.2. The van der Waals surface area contributed by atoms with Crippen molar-refractivity contribution in [3.8, 4) is 5.88 Å². The SMILES string of the molecule is CNC1CCN(c2cc(OC)nc(C)n2)C1. The molecule has 0 aliphatic carbocycles. The van der Waals surface area contributed by atoms with Crippen molar-refractivity contribution in [2.45, 2.75) is 19.4 Å². The molecule has 2 rings (SSSR count). The maximum atomic E-state index is 5.16. The van der Waals surface area contributed by atoms with Gasteiger partial charge in [0, 0.05) is 25.2 Å². The second-order valence-corrected chi connectivity index (χ2v) is 4.04. The van der Waals surface area contributed by atoms with Crippen molar-refractivity contribution in [1.29, 1.82) is 0 Å². The quantitative estimate of drug-likeness (QED) is 0.811. The molecule has 16 heavy (non-hydrogen) atoms. The van der Waals surface area contributed by atoms with Crippen LogP contribution in [0.2, 0.25) is 0 Å². The summed E-state index contributed by atoms with van der Waals surface area (Å²) in [5.41, 5.74) is 0. The first-order valence-electron chi connectivity index (χ1n) is 5.55. The lowest BCUT2D eigenvalue weighted by molar-refractivity contribution is 0.395. The van der Waals surface area contributed by atoms with Crippen molar-refractivity contribution in [3.63, 3.8) is 0 Å². The first-order chi connectivity index (χ1) is 7.72. The number of rotatable bonds is 3. The van der Waals surface area contributed by atoms with Crippen molar-refractivity contribution >= 4 is 5.82 Å². The molecule has 5 heteroatoms. The molecule has 0 spiro atoms. The van der Waals surface area contributed by atoms with Gasteiger partial charge in [0.05, 0.1) is 7.11 Å². The fraction of sp³-hybridized carbons (Fsp3) is 0.636. The minimum absolute atomic E-state index is 0.557. The Balaban J connectivity index is 2.17. The number of likely N-dealkylation sites (N-methyl/N-ethyl adjacent to an activating group) is 1. The third-order valence-corrected chi connectivity index (χ3v) is 2.93. The maximum absolute atomic E-state index is 5.16. The molecule has 2 heterocycles. The van der Waals surface area contributed by atoms with E-state index in [9.17, 15) is 0 Å². The number of nitrogens with one attached hydrogen (secondary N) is 1. The van der Waals surface area contributed by atoms with Gasteiger partial charge in [-0.2, -0.15) is 4.98 Å². The lowest BCUT2D eigenvalue weighted by atomic mass is 10.3. The van der Waals surface area contributed by atoms with Crippen LogP contribution in [0.5, 0.6) is 5.88 Å². The van der Waals surface area contributed by atoms with E-state index in [1.165, 1.54) is 0 Å². The summed E-state index contributed by atoms with van der Waals surface area (Å²) < 4.78 is 5.16. The molecule has 88 valence electrons. The van der Waals surface area contributed by atoms with Crippen LogP contribution in [0.15, 0.2) is 6.07 Å². The van der Waals surface area contributed by atoms with Crippen molar-refractivity contribution < 1.29 is 4.74 Å². The fourth-order valence-electron chi connectivity index (χ4n) is 2.00. The minimum Gasteiger partial charge on any atom is -0.481 e. The fourth-order valence-corrected chi connectivity index (χ4v) is 2.00. The van der Waals surface area contributed by atoms with Gasteiger partial charge in [-0.25, -0.2) is 4.98 Å². The topological polar surface area (TPSA) is 50.3 Å². The number of hydrogen-bond acceptors (Lipinski definition) is 5. The second kappa shape index (κ2) is 4.65. The van der Waals surface area contributed by atoms with Crippen molar-refractivity contribution in [1.82, 2.24) is 15.3 Å². The molecule has 0 aromatic carbocycles. The molecule has 0 amide bonds. The molecule has 1 aromatic rings. The summed E-state index contributed by atoms with van der Waals surface area (Å²) in [5.74, 6) is 2.35. The highest BCUT2D eigenvalue weighted by Crippen LogP contribution is 2.21. The van der Waals surface area contributed by atoms with E-state index in [1.807, 2.05) is 20.0 Å². The van der Waals surface area contributed by atoms with Crippen LogP contribution in [0.4, 0.5) is 5.82 Å². The highest BCUT2D eigenvalue weighted by molar-refractivity contribution is 5.43. The number of aromatic nitrogens is 2. The number of anilines is 1. The molecule has 1 aliphatic heterocycles. The van der Waals surface area contributed by atoms with Crippen LogP contribution in [-0.4, -0.2) is 43.3 Å². The zero-order chi connectivity index (χ0) is 11.5. The van der Waals surface area contributed by atoms with E-state index in [0.29, 0.717) is 11.9 Å². The van der Waals surface area contributed by atoms with Gasteiger partial charge in [-0.1, -0.05) is 0 Å². The molecule has 1 aliphatic rings. The van der Waals surface area contributed by atoms with E-state index in [0.717, 1.165) is 31.2 Å². The summed E-state index contributed by atoms with van der Waals surface area (Å²) in [7, 11) is 3.63. The third-order valence-electron chi connectivity index (χ3n) is 2.93. The highest BCUT2D eigenvalue weighted by Gasteiger charge is 2.22. The van der Waals surface area contributed by atoms with Gasteiger partial charge in [0.25, 0.3) is 0 Å². The van der Waals surface area contributed by atoms with Crippen molar-refractivity contribution in [2.24, 2.45) is 0 Å². The van der Waals surface area contributed by atoms with Gasteiger partial charge in [0.1, 0.15) is 11.6 Å². The average molecular weight is 222 g/mol. The number of hydrogen-bond donors (Lipinski definition) is 1. The van der Waals surface area contributed by atoms with Crippen molar-refractivity contribution in [2.75, 3.05) is 32.1 Å². The Labute approximate surface area is 95.8 Å². The standard InChI is InChI=1S/C11H18N4O/c1-8-13-10(6-11(14-8)16-3)15-5-4-9(7-15)12-2/h6,9,12H,4-5,7H2,1-3H3. The summed E-state index contributed by atoms with van der Waals surface area (Å²) in [6.45, 7) is 3.92. The van der Waals surface area contributed by atoms with Gasteiger partial charge in [-0.05, 0) is 20.4 Å². The summed E-state index contributed by atoms with van der Waals surface area (Å²) in [4.78, 5) is 10.9. The van der Waals surface area contributed by atoms with Crippen LogP contribution in [0.1, 0.15) is 12.2 Å². The molecule has 1 fully saturated rings. The Kier molecular flexibility index (Phi) is 3.24. The first-order valence-corrected chi connectivity index (χ1v) is 5.55. The van der Waals surface area contributed by atoms with Gasteiger partial charge in [-0.3, -0.25) is 0 Å². The first kappa shape index (κ1) is 11.1. The van der Waals surface area contributed by atoms with Crippen molar-refractivity contribution in [3.05, 3.63) is 11.9 Å². The molecule has 0 saturated carbocycles. The molecule has 1 aromatic heterocycles. The molecule has 0 radical (unpaired) electrons. The number of methoxy groups -OCH3 is 1. The number of ether oxygens (including phenoxy) is 1. The average Bonchev–Trinajstić information content (AvgIpc) is 2.76. The molecular formula is C11H18N4O. The van der Waals surface area contributed by atoms with E-state index in [1.54, 1.807) is 7.11 Å². The summed E-state index contributed by atoms with van der Waals surface area (Å²) in [6, 6.07) is 2.45. The largest absolute Gasteiger partial charge is 0.481 e. The van der Waals surface area contributed by atoms with Gasteiger partial charge in [0.15, 0.2) is 0 Å². The van der Waals surface area contributed by atoms with Gasteiger partial charge >= 0.3 is 0 Å². The predicted octanol–water partition coefficient (Wildman–Crippen LogP) is 0.592. The Morgan fingerprint density at radius 2 is 2.31 bits per heavy atom. The van der Waals surface area contributed by atoms with Crippen LogP contribution < -0.4 is 15.0 Å². The summed E-state index contributed by atoms with van der Waals surface area (Å²) >= 11 is 0. The highest BCUT2D eigenvalue weighted by atomic mass is 16.5. The molecule has 0 bridgehead atoms. The van der Waals surface area contributed by atoms with Gasteiger partial charge < -0.3 is 15.0 Å². The Bertz CT molecular complexity index is 369. The third kappa shape index (κ3) is 2.24. The lowest BCUT2D eigenvalue weighted by Gasteiger charge is -2.18. The molecule has 1 unspecified atom stereocenters. The molecule has 1 atom stereocenters. The van der Waals surface area contributed by atoms with Crippen LogP contribution in [0, 0.1) is 6.92 Å². The van der Waals surface area contributed by atoms with Crippen LogP contribution in [0.25, 0.3) is 0 Å². The minimum atomic E-state index is 0.557. The van der Waals surface area contributed by atoms with E-state index < -0.39 is 0 Å². The zero-order valence-electron chi connectivity index (χ0n) is 10.0. The second-order valence-electron chi connectivity index (χ2n) is 4.04. The van der Waals surface area contributed by atoms with E-state index >= 15 is 0 Å². The molecule has 1 N–H and O–H groups in total. The molecule has 1 saturated heterocycles. The van der Waals surface area contributed by atoms with E-state index in [4.69, 9.17) is 4.74 Å². The Morgan fingerprint density at radius 3 is 2.94 bits per heavy atom. The Morgan fingerprint density at radius 1 is 1.50 bits per heavy atom. The predicted molar refractivity (Wildman–Crippen MR) is 63.0 cm³/mol. The Hall–Kier alpha value is -1.36. The lowest BCUT2D eigenvalue weighted by Crippen LogP contribution is -2.30.